The van der Waals surface area contributed by atoms with Crippen LogP contribution in [-0.2, 0) is 6.54 Å². The van der Waals surface area contributed by atoms with E-state index in [0.29, 0.717) is 12.0 Å². The van der Waals surface area contributed by atoms with Crippen LogP contribution in [0.2, 0.25) is 0 Å². The van der Waals surface area contributed by atoms with Gasteiger partial charge in [0.25, 0.3) is 0 Å². The van der Waals surface area contributed by atoms with E-state index in [0.717, 1.165) is 43.0 Å². The van der Waals surface area contributed by atoms with E-state index in [1.54, 1.807) is 0 Å². The molecule has 21 heavy (non-hydrogen) atoms. The van der Waals surface area contributed by atoms with Crippen molar-refractivity contribution in [2.24, 2.45) is 5.92 Å². The molecule has 5 rings (SSSR count). The summed E-state index contributed by atoms with van der Waals surface area (Å²) in [6.45, 7) is 2.23. The third-order valence-electron chi connectivity index (χ3n) is 5.73. The second-order valence-corrected chi connectivity index (χ2v) is 6.73. The highest BCUT2D eigenvalue weighted by Crippen LogP contribution is 2.51. The maximum Gasteiger partial charge on any atom is 0.231 e. The molecule has 1 aromatic rings. The molecule has 3 aliphatic heterocycles. The number of hydrogen-bond acceptors (Lipinski definition) is 5. The van der Waals surface area contributed by atoms with Gasteiger partial charge in [-0.15, -0.1) is 0 Å². The van der Waals surface area contributed by atoms with Crippen LogP contribution in [0, 0.1) is 5.92 Å². The van der Waals surface area contributed by atoms with E-state index in [1.807, 2.05) is 6.07 Å². The first-order chi connectivity index (χ1) is 10.2. The summed E-state index contributed by atoms with van der Waals surface area (Å²) in [5, 5.41) is 20.8. The fourth-order valence-corrected chi connectivity index (χ4v) is 4.84. The number of hydrogen-bond donors (Lipinski definition) is 2. The topological polar surface area (TPSA) is 62.2 Å². The number of rotatable bonds is 0. The van der Waals surface area contributed by atoms with E-state index >= 15 is 0 Å². The summed E-state index contributed by atoms with van der Waals surface area (Å²) in [7, 11) is 0. The summed E-state index contributed by atoms with van der Waals surface area (Å²) >= 11 is 0. The van der Waals surface area contributed by atoms with Crippen LogP contribution in [0.5, 0.6) is 11.5 Å². The van der Waals surface area contributed by atoms with Crippen LogP contribution in [0.15, 0.2) is 12.1 Å². The van der Waals surface area contributed by atoms with E-state index in [9.17, 15) is 10.2 Å². The van der Waals surface area contributed by atoms with E-state index in [-0.39, 0.29) is 12.7 Å². The molecule has 5 atom stereocenters. The van der Waals surface area contributed by atoms with Gasteiger partial charge < -0.3 is 19.7 Å². The Morgan fingerprint density at radius 1 is 1.14 bits per heavy atom. The smallest absolute Gasteiger partial charge is 0.231 e. The summed E-state index contributed by atoms with van der Waals surface area (Å²) in [6.07, 6.45) is 0.531. The Bertz CT molecular complexity index is 604. The second kappa shape index (κ2) is 4.12. The maximum absolute atomic E-state index is 10.6. The van der Waals surface area contributed by atoms with Crippen molar-refractivity contribution in [1.29, 1.82) is 0 Å². The van der Waals surface area contributed by atoms with Crippen molar-refractivity contribution in [3.63, 3.8) is 0 Å². The molecular formula is C16H19NO4. The monoisotopic (exact) mass is 289 g/mol. The fraction of sp³-hybridized carbons (Fsp3) is 0.625. The predicted molar refractivity (Wildman–Crippen MR) is 74.2 cm³/mol. The van der Waals surface area contributed by atoms with E-state index in [2.05, 4.69) is 11.0 Å². The minimum atomic E-state index is -0.689. The zero-order valence-corrected chi connectivity index (χ0v) is 11.7. The number of benzene rings is 1. The van der Waals surface area contributed by atoms with Gasteiger partial charge in [0.1, 0.15) is 0 Å². The molecule has 0 amide bonds. The van der Waals surface area contributed by atoms with Crippen LogP contribution in [0.1, 0.15) is 29.9 Å². The Morgan fingerprint density at radius 2 is 1.95 bits per heavy atom. The highest BCUT2D eigenvalue weighted by molar-refractivity contribution is 5.52. The van der Waals surface area contributed by atoms with Gasteiger partial charge in [-0.1, -0.05) is 0 Å². The lowest BCUT2D eigenvalue weighted by molar-refractivity contribution is -0.0657. The first-order valence-corrected chi connectivity index (χ1v) is 7.75. The largest absolute Gasteiger partial charge is 0.454 e. The lowest BCUT2D eigenvalue weighted by Gasteiger charge is -2.47. The molecule has 0 radical (unpaired) electrons. The third-order valence-corrected chi connectivity index (χ3v) is 5.73. The van der Waals surface area contributed by atoms with Crippen molar-refractivity contribution < 1.29 is 19.7 Å². The molecule has 2 fully saturated rings. The van der Waals surface area contributed by atoms with Crippen molar-refractivity contribution in [2.45, 2.75) is 43.6 Å². The van der Waals surface area contributed by atoms with Crippen LogP contribution in [-0.4, -0.2) is 46.7 Å². The summed E-state index contributed by atoms with van der Waals surface area (Å²) < 4.78 is 11.0. The van der Waals surface area contributed by atoms with E-state index in [4.69, 9.17) is 9.47 Å². The van der Waals surface area contributed by atoms with Crippen molar-refractivity contribution >= 4 is 0 Å². The number of fused-ring (bicyclic) bond motifs is 3. The fourth-order valence-electron chi connectivity index (χ4n) is 4.84. The molecular weight excluding hydrogens is 270 g/mol. The third kappa shape index (κ3) is 1.57. The highest BCUT2D eigenvalue weighted by Gasteiger charge is 2.52. The molecule has 2 N–H and O–H groups in total. The number of nitrogens with zero attached hydrogens (tertiary/aromatic N) is 1. The Kier molecular flexibility index (Phi) is 2.41. The van der Waals surface area contributed by atoms with Gasteiger partial charge in [-0.2, -0.15) is 0 Å². The molecule has 112 valence electrons. The Balaban J connectivity index is 1.66. The Hall–Kier alpha value is -1.30. The first kappa shape index (κ1) is 12.3. The summed E-state index contributed by atoms with van der Waals surface area (Å²) in [4.78, 5) is 2.47. The van der Waals surface area contributed by atoms with Crippen LogP contribution in [0.3, 0.4) is 0 Å². The molecule has 3 heterocycles. The lowest BCUT2D eigenvalue weighted by atomic mass is 9.68. The predicted octanol–water partition coefficient (Wildman–Crippen LogP) is 0.828. The summed E-state index contributed by atoms with van der Waals surface area (Å²) in [6, 6.07) is 4.43. The zero-order chi connectivity index (χ0) is 14.1. The van der Waals surface area contributed by atoms with Crippen molar-refractivity contribution in [3.8, 4) is 11.5 Å². The molecule has 5 heteroatoms. The van der Waals surface area contributed by atoms with Crippen molar-refractivity contribution in [2.75, 3.05) is 13.3 Å². The van der Waals surface area contributed by atoms with Crippen LogP contribution >= 0.6 is 0 Å². The van der Waals surface area contributed by atoms with Gasteiger partial charge in [-0.3, -0.25) is 4.90 Å². The van der Waals surface area contributed by atoms with Gasteiger partial charge in [0, 0.05) is 18.5 Å². The minimum absolute atomic E-state index is 0.0144. The standard InChI is InChI=1S/C16H19NO4/c18-11-3-8-1-2-17-6-9-4-12-13(21-7-20-12)5-10(9)14(15(8)17)16(11)19/h4-5,8,11,14-16,18-19H,1-3,6-7H2/t8-,11+,14+,15-,16-/m1/s1. The number of aliphatic hydroxyl groups is 2. The van der Waals surface area contributed by atoms with E-state index in [1.165, 1.54) is 5.56 Å². The molecule has 0 bridgehead atoms. The molecule has 1 saturated carbocycles. The van der Waals surface area contributed by atoms with Gasteiger partial charge in [-0.25, -0.2) is 0 Å². The van der Waals surface area contributed by atoms with E-state index < -0.39 is 12.2 Å². The van der Waals surface area contributed by atoms with Crippen molar-refractivity contribution in [1.82, 2.24) is 4.90 Å². The van der Waals surface area contributed by atoms with Gasteiger partial charge in [0.05, 0.1) is 12.2 Å². The normalized spacial score (nSPS) is 40.0. The second-order valence-electron chi connectivity index (χ2n) is 6.73. The summed E-state index contributed by atoms with van der Waals surface area (Å²) in [5.41, 5.74) is 2.34. The average molecular weight is 289 g/mol. The van der Waals surface area contributed by atoms with Crippen LogP contribution in [0.4, 0.5) is 0 Å². The molecule has 5 nitrogen and oxygen atoms in total. The van der Waals surface area contributed by atoms with Gasteiger partial charge >= 0.3 is 0 Å². The van der Waals surface area contributed by atoms with Gasteiger partial charge in [0.15, 0.2) is 11.5 Å². The molecule has 4 aliphatic rings. The zero-order valence-electron chi connectivity index (χ0n) is 11.7. The molecule has 1 aromatic carbocycles. The van der Waals surface area contributed by atoms with Gasteiger partial charge in [-0.05, 0) is 48.6 Å². The molecule has 0 spiro atoms. The lowest BCUT2D eigenvalue weighted by Crippen LogP contribution is -2.53. The number of aliphatic hydroxyl groups excluding tert-OH is 2. The molecule has 0 aromatic heterocycles. The molecule has 1 saturated heterocycles. The van der Waals surface area contributed by atoms with Crippen LogP contribution in [0.25, 0.3) is 0 Å². The Morgan fingerprint density at radius 3 is 2.81 bits per heavy atom. The minimum Gasteiger partial charge on any atom is -0.454 e. The molecule has 1 aliphatic carbocycles. The van der Waals surface area contributed by atoms with Crippen LogP contribution < -0.4 is 9.47 Å². The van der Waals surface area contributed by atoms with Gasteiger partial charge in [0.2, 0.25) is 6.79 Å². The first-order valence-electron chi connectivity index (χ1n) is 7.75. The average Bonchev–Trinajstić information content (AvgIpc) is 3.08. The summed E-state index contributed by atoms with van der Waals surface area (Å²) in [5.74, 6) is 2.05. The highest BCUT2D eigenvalue weighted by atomic mass is 16.7. The molecule has 0 unspecified atom stereocenters. The maximum atomic E-state index is 10.6. The SMILES string of the molecule is O[C@H]1[C@H]2c3cc4c(cc3CN3CC[C@H](C[C@@H]1O)[C@H]23)OCO4. The number of ether oxygens (including phenoxy) is 2. The van der Waals surface area contributed by atoms with Crippen molar-refractivity contribution in [3.05, 3.63) is 23.3 Å². The Labute approximate surface area is 123 Å². The quantitative estimate of drug-likeness (QED) is 0.741.